The third kappa shape index (κ3) is 9.41. The molecule has 1 fully saturated rings. The highest BCUT2D eigenvalue weighted by atomic mass is 16.5. The van der Waals surface area contributed by atoms with Gasteiger partial charge in [-0.15, -0.1) is 0 Å². The maximum atomic E-state index is 11.5. The number of carbonyl (C=O) groups is 1. The molecule has 1 amide bonds. The fraction of sp³-hybridized carbons (Fsp3) is 0.581. The number of anilines is 1. The van der Waals surface area contributed by atoms with Gasteiger partial charge in [0.1, 0.15) is 18.1 Å². The van der Waals surface area contributed by atoms with Crippen molar-refractivity contribution in [2.24, 2.45) is 5.92 Å². The monoisotopic (exact) mass is 541 g/mol. The number of benzene rings is 1. The molecule has 0 aliphatic carbocycles. The van der Waals surface area contributed by atoms with E-state index in [-0.39, 0.29) is 30.0 Å². The summed E-state index contributed by atoms with van der Waals surface area (Å²) in [6.07, 6.45) is 8.59. The molecule has 2 heterocycles. The van der Waals surface area contributed by atoms with Crippen molar-refractivity contribution in [2.45, 2.75) is 64.8 Å². The Labute approximate surface area is 234 Å². The topological polar surface area (TPSA) is 81.3 Å². The Bertz CT molecular complexity index is 1010. The summed E-state index contributed by atoms with van der Waals surface area (Å²) in [4.78, 5) is 13.9. The molecule has 0 bridgehead atoms. The van der Waals surface area contributed by atoms with E-state index < -0.39 is 0 Å². The molecule has 1 unspecified atom stereocenters. The average molecular weight is 542 g/mol. The Morgan fingerprint density at radius 1 is 1.33 bits per heavy atom. The largest absolute Gasteiger partial charge is 0.497 e. The van der Waals surface area contributed by atoms with Gasteiger partial charge >= 0.3 is 0 Å². The van der Waals surface area contributed by atoms with Crippen LogP contribution in [0.25, 0.3) is 0 Å². The quantitative estimate of drug-likeness (QED) is 0.206. The second kappa shape index (κ2) is 15.7. The van der Waals surface area contributed by atoms with E-state index in [1.807, 2.05) is 32.1 Å². The normalized spacial score (nSPS) is 22.2. The summed E-state index contributed by atoms with van der Waals surface area (Å²) in [5, 5.41) is 6.65. The Kier molecular flexibility index (Phi) is 12.4. The zero-order chi connectivity index (χ0) is 28.2. The number of nitrogens with one attached hydrogen (secondary N) is 2. The van der Waals surface area contributed by atoms with E-state index >= 15 is 0 Å². The van der Waals surface area contributed by atoms with Crippen molar-refractivity contribution in [2.75, 3.05) is 52.0 Å². The fourth-order valence-corrected chi connectivity index (χ4v) is 5.38. The number of fused-ring (bicyclic) bond motifs is 1. The highest BCUT2D eigenvalue weighted by molar-refractivity contribution is 5.73. The van der Waals surface area contributed by atoms with Crippen LogP contribution in [0.2, 0.25) is 0 Å². The van der Waals surface area contributed by atoms with Gasteiger partial charge in [-0.25, -0.2) is 0 Å². The molecule has 8 heteroatoms. The number of ether oxygens (including phenoxy) is 4. The van der Waals surface area contributed by atoms with Crippen molar-refractivity contribution < 1.29 is 23.7 Å². The summed E-state index contributed by atoms with van der Waals surface area (Å²) in [5.74, 6) is 1.85. The van der Waals surface area contributed by atoms with E-state index in [2.05, 4.69) is 40.3 Å². The second-order valence-electron chi connectivity index (χ2n) is 10.4. The lowest BCUT2D eigenvalue weighted by Gasteiger charge is -2.38. The third-order valence-electron chi connectivity index (χ3n) is 7.36. The van der Waals surface area contributed by atoms with Gasteiger partial charge in [-0.05, 0) is 68.5 Å². The van der Waals surface area contributed by atoms with Crippen LogP contribution in [0.15, 0.2) is 54.3 Å². The number of hydrogen-bond donors (Lipinski definition) is 2. The molecule has 3 rings (SSSR count). The standard InChI is InChI=1S/C31H47N3O5/c1-7-27(37-6)11-9-22(2)28-19-26(17-23(3)33-24(4)35)32-20-31(28)39-21-25-10-12-30-29(18-25)34(14-16-38-30)13-8-15-36-5/h7,9-12,18,23,26,28,31-32H,2,8,13-17,19-21H2,1,3-6H3,(H,33,35)/b11-9-,27-7+/t23-,26+,28?,31+/m1/s1. The lowest BCUT2D eigenvalue weighted by Crippen LogP contribution is -2.50. The van der Waals surface area contributed by atoms with E-state index in [1.54, 1.807) is 21.1 Å². The lowest BCUT2D eigenvalue weighted by molar-refractivity contribution is -0.119. The van der Waals surface area contributed by atoms with Gasteiger partial charge in [0.25, 0.3) is 0 Å². The molecule has 39 heavy (non-hydrogen) atoms. The van der Waals surface area contributed by atoms with Crippen molar-refractivity contribution in [1.29, 1.82) is 0 Å². The minimum absolute atomic E-state index is 0.00503. The van der Waals surface area contributed by atoms with Crippen molar-refractivity contribution in [3.63, 3.8) is 0 Å². The van der Waals surface area contributed by atoms with Gasteiger partial charge in [-0.1, -0.05) is 18.7 Å². The van der Waals surface area contributed by atoms with E-state index in [1.165, 1.54) is 0 Å². The molecular formula is C31H47N3O5. The Morgan fingerprint density at radius 2 is 2.15 bits per heavy atom. The van der Waals surface area contributed by atoms with Gasteiger partial charge in [-0.2, -0.15) is 0 Å². The summed E-state index contributed by atoms with van der Waals surface area (Å²) in [6.45, 7) is 14.4. The molecule has 0 spiro atoms. The van der Waals surface area contributed by atoms with Crippen molar-refractivity contribution in [3.8, 4) is 5.75 Å². The fourth-order valence-electron chi connectivity index (χ4n) is 5.38. The van der Waals surface area contributed by atoms with Crippen LogP contribution in [0.4, 0.5) is 5.69 Å². The van der Waals surface area contributed by atoms with Crippen molar-refractivity contribution in [3.05, 3.63) is 59.9 Å². The second-order valence-corrected chi connectivity index (χ2v) is 10.4. The lowest BCUT2D eigenvalue weighted by atomic mass is 9.82. The molecule has 1 aromatic carbocycles. The molecule has 1 aromatic rings. The summed E-state index contributed by atoms with van der Waals surface area (Å²) >= 11 is 0. The Morgan fingerprint density at radius 3 is 2.87 bits per heavy atom. The van der Waals surface area contributed by atoms with Crippen molar-refractivity contribution in [1.82, 2.24) is 10.6 Å². The molecule has 4 atom stereocenters. The van der Waals surface area contributed by atoms with Crippen LogP contribution >= 0.6 is 0 Å². The number of allylic oxidation sites excluding steroid dienone is 3. The highest BCUT2D eigenvalue weighted by Gasteiger charge is 2.33. The molecule has 1 saturated heterocycles. The number of nitrogens with zero attached hydrogens (tertiary/aromatic N) is 1. The first-order valence-electron chi connectivity index (χ1n) is 14.0. The first kappa shape index (κ1) is 30.7. The summed E-state index contributed by atoms with van der Waals surface area (Å²) < 4.78 is 23.1. The number of amides is 1. The van der Waals surface area contributed by atoms with Crippen LogP contribution in [-0.2, 0) is 25.6 Å². The number of piperidine rings is 1. The maximum Gasteiger partial charge on any atom is 0.217 e. The molecule has 2 aliphatic heterocycles. The van der Waals surface area contributed by atoms with E-state index in [4.69, 9.17) is 18.9 Å². The Hall–Kier alpha value is -2.81. The minimum atomic E-state index is -0.0313. The number of hydrogen-bond acceptors (Lipinski definition) is 7. The van der Waals surface area contributed by atoms with Crippen LogP contribution in [0.3, 0.4) is 0 Å². The summed E-state index contributed by atoms with van der Waals surface area (Å²) in [7, 11) is 3.41. The summed E-state index contributed by atoms with van der Waals surface area (Å²) in [5.41, 5.74) is 3.25. The van der Waals surface area contributed by atoms with Gasteiger partial charge in [-0.3, -0.25) is 4.79 Å². The van der Waals surface area contributed by atoms with Gasteiger partial charge < -0.3 is 34.5 Å². The molecule has 0 aromatic heterocycles. The van der Waals surface area contributed by atoms with Crippen LogP contribution in [0.5, 0.6) is 5.75 Å². The first-order chi connectivity index (χ1) is 18.8. The molecule has 216 valence electrons. The first-order valence-corrected chi connectivity index (χ1v) is 14.0. The summed E-state index contributed by atoms with van der Waals surface area (Å²) in [6, 6.07) is 6.68. The number of carbonyl (C=O) groups excluding carboxylic acids is 1. The van der Waals surface area contributed by atoms with Gasteiger partial charge in [0, 0.05) is 51.7 Å². The smallest absolute Gasteiger partial charge is 0.217 e. The van der Waals surface area contributed by atoms with Crippen LogP contribution in [0.1, 0.15) is 45.6 Å². The predicted octanol–water partition coefficient (Wildman–Crippen LogP) is 4.36. The molecule has 2 N–H and O–H groups in total. The molecule has 2 aliphatic rings. The zero-order valence-electron chi connectivity index (χ0n) is 24.3. The van der Waals surface area contributed by atoms with Gasteiger partial charge in [0.15, 0.2) is 0 Å². The minimum Gasteiger partial charge on any atom is -0.497 e. The molecule has 0 radical (unpaired) electrons. The van der Waals surface area contributed by atoms with E-state index in [0.29, 0.717) is 19.8 Å². The predicted molar refractivity (Wildman–Crippen MR) is 156 cm³/mol. The van der Waals surface area contributed by atoms with E-state index in [0.717, 1.165) is 67.3 Å². The molecule has 8 nitrogen and oxygen atoms in total. The molecular weight excluding hydrogens is 494 g/mol. The van der Waals surface area contributed by atoms with Gasteiger partial charge in [0.05, 0.1) is 32.1 Å². The van der Waals surface area contributed by atoms with E-state index in [9.17, 15) is 4.79 Å². The highest BCUT2D eigenvalue weighted by Crippen LogP contribution is 2.34. The van der Waals surface area contributed by atoms with Crippen LogP contribution in [-0.4, -0.2) is 71.2 Å². The average Bonchev–Trinajstić information content (AvgIpc) is 2.92. The van der Waals surface area contributed by atoms with Gasteiger partial charge in [0.2, 0.25) is 5.91 Å². The maximum absolute atomic E-state index is 11.5. The number of rotatable bonds is 14. The van der Waals surface area contributed by atoms with Crippen molar-refractivity contribution >= 4 is 11.6 Å². The Balaban J connectivity index is 1.70. The SMILES string of the molecule is C=C(/C=C\C(=C/C)OC)C1C[C@H](C[C@@H](C)NC(C)=O)NC[C@@H]1OCc1ccc2c(c1)N(CCCOC)CCO2. The number of methoxy groups -OCH3 is 2. The van der Waals surface area contributed by atoms with Crippen LogP contribution < -0.4 is 20.3 Å². The van der Waals surface area contributed by atoms with Crippen LogP contribution in [0, 0.1) is 5.92 Å². The third-order valence-corrected chi connectivity index (χ3v) is 7.36. The molecule has 0 saturated carbocycles. The zero-order valence-corrected chi connectivity index (χ0v) is 24.3.